The molecule has 5 rings (SSSR count). The second-order valence-electron chi connectivity index (χ2n) is 14.1. The minimum atomic E-state index is -1.66. The zero-order chi connectivity index (χ0) is 41.4. The van der Waals surface area contributed by atoms with E-state index in [2.05, 4.69) is 15.6 Å². The molecule has 300 valence electrons. The van der Waals surface area contributed by atoms with Crippen LogP contribution in [0.15, 0.2) is 83.4 Å². The Morgan fingerprint density at radius 2 is 1.60 bits per heavy atom. The number of ether oxygens (including phenoxy) is 1. The lowest BCUT2D eigenvalue weighted by Gasteiger charge is -2.31. The Balaban J connectivity index is 1.40. The Hall–Kier alpha value is -5.73. The fourth-order valence-electron chi connectivity index (χ4n) is 6.59. The predicted molar refractivity (Wildman–Crippen MR) is 209 cm³/mol. The van der Waals surface area contributed by atoms with Crippen molar-refractivity contribution in [2.75, 3.05) is 6.54 Å². The van der Waals surface area contributed by atoms with Crippen molar-refractivity contribution in [2.24, 2.45) is 11.8 Å². The Morgan fingerprint density at radius 3 is 2.21 bits per heavy atom. The zero-order valence-electron chi connectivity index (χ0n) is 31.3. The average molecular weight is 822 g/mol. The van der Waals surface area contributed by atoms with Crippen molar-refractivity contribution >= 4 is 58.5 Å². The number of Topliss-reactive ketones (excluding diaryl/α,β-unsaturated/α-hetero) is 2. The molecule has 3 aromatic carbocycles. The molecule has 16 heteroatoms. The lowest BCUT2D eigenvalue weighted by atomic mass is 9.92. The summed E-state index contributed by atoms with van der Waals surface area (Å²) in [7, 11) is 0. The smallest absolute Gasteiger partial charge is 0.305 e. The van der Waals surface area contributed by atoms with Gasteiger partial charge in [-0.15, -0.1) is 0 Å². The minimum Gasteiger partial charge on any atom is -0.508 e. The van der Waals surface area contributed by atoms with E-state index in [-0.39, 0.29) is 58.7 Å². The number of aromatic hydroxyl groups is 1. The molecule has 0 saturated carbocycles. The van der Waals surface area contributed by atoms with Crippen LogP contribution in [-0.2, 0) is 30.4 Å². The number of carbonyl (C=O) groups is 6. The highest BCUT2D eigenvalue weighted by Gasteiger charge is 2.45. The summed E-state index contributed by atoms with van der Waals surface area (Å²) >= 11 is 12.6. The number of aliphatic carboxylic acids is 1. The number of hydrogen-bond donors (Lipinski definition) is 4. The molecular weight excluding hydrogens is 779 g/mol. The number of carboxylic acid groups (broad SMARTS) is 1. The molecule has 4 aromatic rings. The highest BCUT2D eigenvalue weighted by molar-refractivity contribution is 6.39. The molecule has 57 heavy (non-hydrogen) atoms. The van der Waals surface area contributed by atoms with Gasteiger partial charge in [0.05, 0.1) is 34.8 Å². The van der Waals surface area contributed by atoms with Crippen molar-refractivity contribution in [3.63, 3.8) is 0 Å². The SMILES string of the molecule is CC(=O)C[C@@H](Cc1ccc(O)cc1)C(=O)N[C@H](C(=O)N1C[C@H](Oc2ccccc2)C[C@H]1C(=O)N[C@@H](CC(=O)O)C(=O)c1ncc(-c2c(Cl)cccc2Cl)o1)C(C)C. The molecule has 5 atom stereocenters. The summed E-state index contributed by atoms with van der Waals surface area (Å²) in [4.78, 5) is 85.5. The van der Waals surface area contributed by atoms with Crippen molar-refractivity contribution in [1.82, 2.24) is 20.5 Å². The number of oxazole rings is 1. The van der Waals surface area contributed by atoms with E-state index >= 15 is 0 Å². The van der Waals surface area contributed by atoms with Gasteiger partial charge in [-0.2, -0.15) is 0 Å². The van der Waals surface area contributed by atoms with Gasteiger partial charge < -0.3 is 39.7 Å². The number of rotatable bonds is 17. The van der Waals surface area contributed by atoms with Crippen LogP contribution in [0.5, 0.6) is 11.5 Å². The van der Waals surface area contributed by atoms with E-state index in [1.165, 1.54) is 30.2 Å². The van der Waals surface area contributed by atoms with Gasteiger partial charge in [0, 0.05) is 18.8 Å². The molecule has 1 aromatic heterocycles. The summed E-state index contributed by atoms with van der Waals surface area (Å²) in [5.74, 6) is -5.92. The number of hydrogen-bond acceptors (Lipinski definition) is 10. The molecule has 0 unspecified atom stereocenters. The molecule has 1 aliphatic heterocycles. The molecule has 2 heterocycles. The number of phenols is 1. The number of phenolic OH excluding ortho intramolecular Hbond substituents is 1. The maximum Gasteiger partial charge on any atom is 0.305 e. The second kappa shape index (κ2) is 18.9. The molecule has 0 bridgehead atoms. The Bertz CT molecular complexity index is 2090. The third-order valence-electron chi connectivity index (χ3n) is 9.39. The highest BCUT2D eigenvalue weighted by atomic mass is 35.5. The number of ketones is 2. The number of benzene rings is 3. The summed E-state index contributed by atoms with van der Waals surface area (Å²) < 4.78 is 11.8. The van der Waals surface area contributed by atoms with Crippen LogP contribution in [0.25, 0.3) is 11.3 Å². The normalized spacial score (nSPS) is 16.7. The van der Waals surface area contributed by atoms with Crippen molar-refractivity contribution in [1.29, 1.82) is 0 Å². The summed E-state index contributed by atoms with van der Waals surface area (Å²) in [6, 6.07) is 15.6. The summed E-state index contributed by atoms with van der Waals surface area (Å²) in [5, 5.41) is 25.2. The van der Waals surface area contributed by atoms with Crippen LogP contribution in [0.2, 0.25) is 10.0 Å². The van der Waals surface area contributed by atoms with Crippen LogP contribution in [0.1, 0.15) is 56.3 Å². The number of amides is 3. The van der Waals surface area contributed by atoms with Gasteiger partial charge in [-0.05, 0) is 61.2 Å². The maximum absolute atomic E-state index is 14.5. The van der Waals surface area contributed by atoms with Crippen LogP contribution >= 0.6 is 23.2 Å². The van der Waals surface area contributed by atoms with E-state index in [0.717, 1.165) is 0 Å². The summed E-state index contributed by atoms with van der Waals surface area (Å²) in [5.41, 5.74) is 0.952. The average Bonchev–Trinajstić information content (AvgIpc) is 3.81. The fraction of sp³-hybridized carbons (Fsp3) is 0.341. The third kappa shape index (κ3) is 11.0. The minimum absolute atomic E-state index is 0.0400. The second-order valence-corrected chi connectivity index (χ2v) is 15.0. The topological polar surface area (TPSA) is 205 Å². The van der Waals surface area contributed by atoms with Gasteiger partial charge in [-0.1, -0.05) is 73.4 Å². The van der Waals surface area contributed by atoms with E-state index in [1.807, 2.05) is 0 Å². The predicted octanol–water partition coefficient (Wildman–Crippen LogP) is 5.52. The number of aromatic nitrogens is 1. The number of carboxylic acids is 1. The molecule has 0 radical (unpaired) electrons. The number of para-hydroxylation sites is 1. The molecule has 1 fully saturated rings. The Labute approximate surface area is 338 Å². The van der Waals surface area contributed by atoms with Gasteiger partial charge in [0.2, 0.25) is 23.5 Å². The molecule has 1 saturated heterocycles. The van der Waals surface area contributed by atoms with Crippen LogP contribution in [0, 0.1) is 11.8 Å². The van der Waals surface area contributed by atoms with Gasteiger partial charge in [-0.25, -0.2) is 4.98 Å². The molecule has 0 spiro atoms. The van der Waals surface area contributed by atoms with E-state index in [1.54, 1.807) is 74.5 Å². The zero-order valence-corrected chi connectivity index (χ0v) is 32.8. The standard InChI is InChI=1S/C41H42Cl2N4O10/c1-22(2)36(46-38(53)25(16-23(3)48)17-24-12-14-26(49)15-13-24)41(55)47-21-28(56-27-8-5-4-6-9-27)18-32(47)39(54)45-31(19-34(50)51)37(52)40-44-20-33(57-40)35-29(42)10-7-11-30(35)43/h4-15,20,22,25,28,31-32,36,49H,16-19,21H2,1-3H3,(H,45,54)(H,46,53)(H,50,51)/t25-,28+,31-,32-,36-/m0/s1. The maximum atomic E-state index is 14.5. The van der Waals surface area contributed by atoms with Crippen LogP contribution < -0.4 is 15.4 Å². The third-order valence-corrected chi connectivity index (χ3v) is 10.0. The summed E-state index contributed by atoms with van der Waals surface area (Å²) in [6.45, 7) is 4.70. The fourth-order valence-corrected chi connectivity index (χ4v) is 7.17. The van der Waals surface area contributed by atoms with Crippen LogP contribution in [0.4, 0.5) is 0 Å². The molecule has 14 nitrogen and oxygen atoms in total. The first-order valence-corrected chi connectivity index (χ1v) is 18.9. The Kier molecular flexibility index (Phi) is 14.1. The van der Waals surface area contributed by atoms with Crippen molar-refractivity contribution in [3.05, 3.63) is 100 Å². The van der Waals surface area contributed by atoms with Gasteiger partial charge in [0.25, 0.3) is 5.89 Å². The first-order chi connectivity index (χ1) is 27.1. The number of likely N-dealkylation sites (tertiary alicyclic amines) is 1. The first kappa shape index (κ1) is 42.4. The number of nitrogens with zero attached hydrogens (tertiary/aromatic N) is 2. The van der Waals surface area contributed by atoms with Crippen molar-refractivity contribution in [3.8, 4) is 22.8 Å². The van der Waals surface area contributed by atoms with E-state index in [9.17, 15) is 39.0 Å². The van der Waals surface area contributed by atoms with E-state index in [0.29, 0.717) is 11.3 Å². The molecule has 3 amide bonds. The van der Waals surface area contributed by atoms with Gasteiger partial charge in [-0.3, -0.25) is 24.0 Å². The van der Waals surface area contributed by atoms with Crippen LogP contribution in [-0.4, -0.2) is 86.1 Å². The largest absolute Gasteiger partial charge is 0.508 e. The number of carbonyl (C=O) groups excluding carboxylic acids is 5. The van der Waals surface area contributed by atoms with Gasteiger partial charge >= 0.3 is 5.97 Å². The van der Waals surface area contributed by atoms with Gasteiger partial charge in [0.15, 0.2) is 5.76 Å². The van der Waals surface area contributed by atoms with E-state index < -0.39 is 77.9 Å². The molecule has 1 aliphatic rings. The monoisotopic (exact) mass is 820 g/mol. The van der Waals surface area contributed by atoms with Gasteiger partial charge in [0.1, 0.15) is 41.5 Å². The highest BCUT2D eigenvalue weighted by Crippen LogP contribution is 2.35. The quantitative estimate of drug-likeness (QED) is 0.0976. The number of halogens is 2. The Morgan fingerprint density at radius 1 is 0.930 bits per heavy atom. The molecule has 4 N–H and O–H groups in total. The first-order valence-electron chi connectivity index (χ1n) is 18.2. The lowest BCUT2D eigenvalue weighted by Crippen LogP contribution is -2.57. The van der Waals surface area contributed by atoms with Crippen LogP contribution in [0.3, 0.4) is 0 Å². The molecular formula is C41H42Cl2N4O10. The molecule has 0 aliphatic carbocycles. The van der Waals surface area contributed by atoms with Crippen molar-refractivity contribution in [2.45, 2.75) is 70.7 Å². The van der Waals surface area contributed by atoms with Crippen molar-refractivity contribution < 1.29 is 48.1 Å². The number of nitrogens with one attached hydrogen (secondary N) is 2. The lowest BCUT2D eigenvalue weighted by molar-refractivity contribution is -0.143. The summed E-state index contributed by atoms with van der Waals surface area (Å²) in [6.07, 6.45) is -0.342. The van der Waals surface area contributed by atoms with E-state index in [4.69, 9.17) is 32.4 Å².